The van der Waals surface area contributed by atoms with Crippen LogP contribution in [0.4, 0.5) is 0 Å². The Labute approximate surface area is 143 Å². The third-order valence-corrected chi connectivity index (χ3v) is 4.54. The highest BCUT2D eigenvalue weighted by atomic mass is 16.5. The standard InChI is InChI=1S/C19H25N3O2/c1-15-5-4-6-18(11-15)24-14-19(23-3)8-10-22(13-19)12-17-7-9-20-16(2)21-17/h4-7,9,11H,8,10,12-14H2,1-3H3/t19-/m1/s1. The minimum absolute atomic E-state index is 0.258. The summed E-state index contributed by atoms with van der Waals surface area (Å²) in [6, 6.07) is 10.1. The highest BCUT2D eigenvalue weighted by molar-refractivity contribution is 5.27. The van der Waals surface area contributed by atoms with Gasteiger partial charge in [-0.05, 0) is 44.0 Å². The molecule has 1 saturated heterocycles. The molecule has 0 amide bonds. The molecule has 1 aliphatic heterocycles. The first-order valence-corrected chi connectivity index (χ1v) is 8.34. The molecule has 1 aromatic carbocycles. The molecule has 3 rings (SSSR count). The van der Waals surface area contributed by atoms with E-state index in [0.29, 0.717) is 6.61 Å². The van der Waals surface area contributed by atoms with Crippen LogP contribution in [0.5, 0.6) is 5.75 Å². The number of rotatable bonds is 6. The van der Waals surface area contributed by atoms with Crippen LogP contribution in [0, 0.1) is 13.8 Å². The average molecular weight is 327 g/mol. The largest absolute Gasteiger partial charge is 0.491 e. The lowest BCUT2D eigenvalue weighted by atomic mass is 10.0. The number of likely N-dealkylation sites (tertiary alicyclic amines) is 1. The Morgan fingerprint density at radius 2 is 2.12 bits per heavy atom. The Morgan fingerprint density at radius 1 is 1.25 bits per heavy atom. The summed E-state index contributed by atoms with van der Waals surface area (Å²) in [5.41, 5.74) is 1.99. The maximum absolute atomic E-state index is 6.01. The molecule has 5 nitrogen and oxygen atoms in total. The third kappa shape index (κ3) is 4.10. The van der Waals surface area contributed by atoms with Crippen molar-refractivity contribution in [1.29, 1.82) is 0 Å². The first-order chi connectivity index (χ1) is 11.6. The molecule has 0 aliphatic carbocycles. The Balaban J connectivity index is 1.60. The number of aromatic nitrogens is 2. The van der Waals surface area contributed by atoms with Gasteiger partial charge in [0.05, 0.1) is 5.69 Å². The van der Waals surface area contributed by atoms with E-state index in [1.165, 1.54) is 5.56 Å². The molecule has 1 atom stereocenters. The molecule has 1 aromatic heterocycles. The van der Waals surface area contributed by atoms with Crippen molar-refractivity contribution in [1.82, 2.24) is 14.9 Å². The second-order valence-electron chi connectivity index (χ2n) is 6.55. The van der Waals surface area contributed by atoms with E-state index in [-0.39, 0.29) is 5.60 Å². The molecule has 0 spiro atoms. The lowest BCUT2D eigenvalue weighted by molar-refractivity contribution is -0.0360. The van der Waals surface area contributed by atoms with Crippen molar-refractivity contribution >= 4 is 0 Å². The van der Waals surface area contributed by atoms with Crippen LogP contribution in [0.25, 0.3) is 0 Å². The van der Waals surface area contributed by atoms with E-state index < -0.39 is 0 Å². The molecule has 2 heterocycles. The van der Waals surface area contributed by atoms with Crippen LogP contribution in [0.2, 0.25) is 0 Å². The van der Waals surface area contributed by atoms with Crippen molar-refractivity contribution in [3.63, 3.8) is 0 Å². The van der Waals surface area contributed by atoms with Crippen LogP contribution in [0.3, 0.4) is 0 Å². The van der Waals surface area contributed by atoms with Crippen molar-refractivity contribution in [3.8, 4) is 5.75 Å². The molecule has 2 aromatic rings. The van der Waals surface area contributed by atoms with Crippen LogP contribution in [-0.4, -0.2) is 47.3 Å². The van der Waals surface area contributed by atoms with Crippen LogP contribution in [0.15, 0.2) is 36.5 Å². The fourth-order valence-corrected chi connectivity index (χ4v) is 3.15. The summed E-state index contributed by atoms with van der Waals surface area (Å²) in [4.78, 5) is 11.0. The third-order valence-electron chi connectivity index (χ3n) is 4.54. The SMILES string of the molecule is CO[C@]1(COc2cccc(C)c2)CCN(Cc2ccnc(C)n2)C1. The van der Waals surface area contributed by atoms with Crippen molar-refractivity contribution in [3.05, 3.63) is 53.6 Å². The zero-order valence-corrected chi connectivity index (χ0v) is 14.7. The summed E-state index contributed by atoms with van der Waals surface area (Å²) in [5.74, 6) is 1.71. The highest BCUT2D eigenvalue weighted by Gasteiger charge is 2.39. The van der Waals surface area contributed by atoms with Gasteiger partial charge in [-0.1, -0.05) is 12.1 Å². The molecule has 0 N–H and O–H groups in total. The minimum Gasteiger partial charge on any atom is -0.491 e. The topological polar surface area (TPSA) is 47.5 Å². The van der Waals surface area contributed by atoms with E-state index in [1.54, 1.807) is 7.11 Å². The lowest BCUT2D eigenvalue weighted by Gasteiger charge is -2.28. The molecular formula is C19H25N3O2. The van der Waals surface area contributed by atoms with E-state index in [2.05, 4.69) is 33.9 Å². The molecule has 1 fully saturated rings. The lowest BCUT2D eigenvalue weighted by Crippen LogP contribution is -2.41. The molecule has 0 radical (unpaired) electrons. The smallest absolute Gasteiger partial charge is 0.125 e. The molecule has 0 bridgehead atoms. The summed E-state index contributed by atoms with van der Waals surface area (Å²) in [5, 5.41) is 0. The number of benzene rings is 1. The predicted octanol–water partition coefficient (Wildman–Crippen LogP) is 2.76. The number of methoxy groups -OCH3 is 1. The van der Waals surface area contributed by atoms with Crippen LogP contribution in [0.1, 0.15) is 23.5 Å². The first kappa shape index (κ1) is 16.9. The second-order valence-corrected chi connectivity index (χ2v) is 6.55. The van der Waals surface area contributed by atoms with Crippen molar-refractivity contribution < 1.29 is 9.47 Å². The van der Waals surface area contributed by atoms with Gasteiger partial charge in [0.2, 0.25) is 0 Å². The molecular weight excluding hydrogens is 302 g/mol. The first-order valence-electron chi connectivity index (χ1n) is 8.34. The van der Waals surface area contributed by atoms with Gasteiger partial charge < -0.3 is 9.47 Å². The Hall–Kier alpha value is -1.98. The van der Waals surface area contributed by atoms with E-state index in [0.717, 1.165) is 43.3 Å². The second kappa shape index (κ2) is 7.28. The van der Waals surface area contributed by atoms with Gasteiger partial charge in [0.25, 0.3) is 0 Å². The van der Waals surface area contributed by atoms with Gasteiger partial charge in [0.1, 0.15) is 23.8 Å². The summed E-state index contributed by atoms with van der Waals surface area (Å²) < 4.78 is 11.8. The summed E-state index contributed by atoms with van der Waals surface area (Å²) in [6.45, 7) is 7.19. The molecule has 1 aliphatic rings. The van der Waals surface area contributed by atoms with E-state index in [4.69, 9.17) is 9.47 Å². The van der Waals surface area contributed by atoms with Gasteiger partial charge >= 0.3 is 0 Å². The van der Waals surface area contributed by atoms with E-state index >= 15 is 0 Å². The fraction of sp³-hybridized carbons (Fsp3) is 0.474. The van der Waals surface area contributed by atoms with Gasteiger partial charge in [-0.15, -0.1) is 0 Å². The average Bonchev–Trinajstić information content (AvgIpc) is 2.97. The van der Waals surface area contributed by atoms with Crippen LogP contribution in [-0.2, 0) is 11.3 Å². The van der Waals surface area contributed by atoms with Gasteiger partial charge in [-0.2, -0.15) is 0 Å². The van der Waals surface area contributed by atoms with E-state index in [9.17, 15) is 0 Å². The van der Waals surface area contributed by atoms with Gasteiger partial charge in [-0.25, -0.2) is 9.97 Å². The number of aryl methyl sites for hydroxylation is 2. The van der Waals surface area contributed by atoms with Gasteiger partial charge in [-0.3, -0.25) is 4.90 Å². The summed E-state index contributed by atoms with van der Waals surface area (Å²) >= 11 is 0. The quantitative estimate of drug-likeness (QED) is 0.816. The number of ether oxygens (including phenoxy) is 2. The number of nitrogens with zero attached hydrogens (tertiary/aromatic N) is 3. The summed E-state index contributed by atoms with van der Waals surface area (Å²) in [6.07, 6.45) is 2.78. The van der Waals surface area contributed by atoms with Crippen molar-refractivity contribution in [2.75, 3.05) is 26.8 Å². The fourth-order valence-electron chi connectivity index (χ4n) is 3.15. The monoisotopic (exact) mass is 327 g/mol. The summed E-state index contributed by atoms with van der Waals surface area (Å²) in [7, 11) is 1.78. The Kier molecular flexibility index (Phi) is 5.11. The number of hydrogen-bond donors (Lipinski definition) is 0. The number of hydrogen-bond acceptors (Lipinski definition) is 5. The minimum atomic E-state index is -0.258. The zero-order chi connectivity index (χ0) is 17.0. The Bertz CT molecular complexity index is 692. The van der Waals surface area contributed by atoms with E-state index in [1.807, 2.05) is 31.3 Å². The van der Waals surface area contributed by atoms with Crippen LogP contribution >= 0.6 is 0 Å². The molecule has 0 saturated carbocycles. The molecule has 0 unspecified atom stereocenters. The van der Waals surface area contributed by atoms with Gasteiger partial charge in [0.15, 0.2) is 0 Å². The zero-order valence-electron chi connectivity index (χ0n) is 14.7. The Morgan fingerprint density at radius 3 is 2.88 bits per heavy atom. The van der Waals surface area contributed by atoms with Gasteiger partial charge in [0, 0.05) is 32.9 Å². The van der Waals surface area contributed by atoms with Crippen molar-refractivity contribution in [2.24, 2.45) is 0 Å². The normalized spacial score (nSPS) is 21.1. The molecule has 128 valence electrons. The van der Waals surface area contributed by atoms with Crippen molar-refractivity contribution in [2.45, 2.75) is 32.4 Å². The molecule has 24 heavy (non-hydrogen) atoms. The predicted molar refractivity (Wildman–Crippen MR) is 93.1 cm³/mol. The maximum Gasteiger partial charge on any atom is 0.125 e. The molecule has 5 heteroatoms. The van der Waals surface area contributed by atoms with Crippen LogP contribution < -0.4 is 4.74 Å². The maximum atomic E-state index is 6.01. The highest BCUT2D eigenvalue weighted by Crippen LogP contribution is 2.27.